The van der Waals surface area contributed by atoms with Crippen LogP contribution in [0, 0.1) is 0 Å². The van der Waals surface area contributed by atoms with Gasteiger partial charge in [0.05, 0.1) is 0 Å². The van der Waals surface area contributed by atoms with Crippen LogP contribution in [0.2, 0.25) is 0 Å². The summed E-state index contributed by atoms with van der Waals surface area (Å²) in [6.45, 7) is 2.39. The van der Waals surface area contributed by atoms with Crippen molar-refractivity contribution in [3.8, 4) is 20.9 Å². The van der Waals surface area contributed by atoms with Crippen LogP contribution in [0.4, 0.5) is 0 Å². The second-order valence-electron chi connectivity index (χ2n) is 5.81. The second-order valence-corrected chi connectivity index (χ2v) is 7.71. The van der Waals surface area contributed by atoms with E-state index in [1.807, 2.05) is 22.7 Å². The van der Waals surface area contributed by atoms with Gasteiger partial charge in [-0.15, -0.1) is 22.7 Å². The van der Waals surface area contributed by atoms with Crippen molar-refractivity contribution in [2.75, 3.05) is 0 Å². The predicted octanol–water partition coefficient (Wildman–Crippen LogP) is 6.20. The first-order valence-electron chi connectivity index (χ1n) is 6.98. The van der Waals surface area contributed by atoms with Crippen LogP contribution in [-0.4, -0.2) is 0 Å². The smallest absolute Gasteiger partial charge is 0.0343 e. The summed E-state index contributed by atoms with van der Waals surface area (Å²) in [4.78, 5) is 2.74. The van der Waals surface area contributed by atoms with Crippen molar-refractivity contribution in [1.29, 1.82) is 0 Å². The highest BCUT2D eigenvalue weighted by Gasteiger charge is 2.39. The van der Waals surface area contributed by atoms with Crippen LogP contribution < -0.4 is 0 Å². The van der Waals surface area contributed by atoms with Crippen LogP contribution in [0.25, 0.3) is 20.9 Å². The Labute approximate surface area is 127 Å². The summed E-state index contributed by atoms with van der Waals surface area (Å²) >= 11 is 3.65. The zero-order chi connectivity index (χ0) is 13.6. The van der Waals surface area contributed by atoms with Crippen molar-refractivity contribution in [2.24, 2.45) is 0 Å². The van der Waals surface area contributed by atoms with Crippen LogP contribution in [0.15, 0.2) is 53.2 Å². The first-order valence-corrected chi connectivity index (χ1v) is 8.74. The first kappa shape index (κ1) is 12.4. The van der Waals surface area contributed by atoms with Gasteiger partial charge in [0, 0.05) is 9.75 Å². The van der Waals surface area contributed by atoms with E-state index in [9.17, 15) is 0 Å². The van der Waals surface area contributed by atoms with Crippen molar-refractivity contribution in [2.45, 2.75) is 25.2 Å². The molecule has 0 nitrogen and oxygen atoms in total. The molecule has 2 heterocycles. The fraction of sp³-hybridized carbons (Fsp3) is 0.222. The highest BCUT2D eigenvalue weighted by Crippen LogP contribution is 2.49. The molecule has 0 bridgehead atoms. The Morgan fingerprint density at radius 1 is 0.850 bits per heavy atom. The lowest BCUT2D eigenvalue weighted by atomic mass is 9.93. The van der Waals surface area contributed by atoms with Crippen LogP contribution in [0.5, 0.6) is 0 Å². The van der Waals surface area contributed by atoms with Gasteiger partial charge in [-0.05, 0) is 76.0 Å². The number of hydrogen-bond acceptors (Lipinski definition) is 2. The maximum atomic E-state index is 2.40. The topological polar surface area (TPSA) is 0 Å². The number of rotatable bonds is 3. The van der Waals surface area contributed by atoms with Gasteiger partial charge in [0.2, 0.25) is 0 Å². The van der Waals surface area contributed by atoms with E-state index in [4.69, 9.17) is 0 Å². The molecule has 1 saturated carbocycles. The third-order valence-electron chi connectivity index (χ3n) is 4.24. The first-order chi connectivity index (χ1) is 9.74. The number of thiophene rings is 2. The molecule has 4 rings (SSSR count). The molecule has 0 unspecified atom stereocenters. The van der Waals surface area contributed by atoms with Crippen LogP contribution >= 0.6 is 22.7 Å². The summed E-state index contributed by atoms with van der Waals surface area (Å²) in [5.74, 6) is 0. The highest BCUT2D eigenvalue weighted by molar-refractivity contribution is 7.14. The van der Waals surface area contributed by atoms with E-state index < -0.39 is 0 Å². The van der Waals surface area contributed by atoms with E-state index in [1.54, 1.807) is 0 Å². The summed E-state index contributed by atoms with van der Waals surface area (Å²) in [5.41, 5.74) is 4.66. The minimum Gasteiger partial charge on any atom is -0.144 e. The van der Waals surface area contributed by atoms with Crippen molar-refractivity contribution in [3.05, 3.63) is 58.8 Å². The maximum absolute atomic E-state index is 2.40. The summed E-state index contributed by atoms with van der Waals surface area (Å²) < 4.78 is 0. The van der Waals surface area contributed by atoms with Crippen molar-refractivity contribution in [1.82, 2.24) is 0 Å². The Kier molecular flexibility index (Phi) is 2.83. The van der Waals surface area contributed by atoms with Crippen LogP contribution in [0.3, 0.4) is 0 Å². The Morgan fingerprint density at radius 2 is 1.40 bits per heavy atom. The van der Waals surface area contributed by atoms with Crippen molar-refractivity contribution >= 4 is 22.7 Å². The largest absolute Gasteiger partial charge is 0.144 e. The van der Waals surface area contributed by atoms with Crippen molar-refractivity contribution in [3.63, 3.8) is 0 Å². The molecular formula is C18H16S2. The lowest BCUT2D eigenvalue weighted by Gasteiger charge is -2.13. The maximum Gasteiger partial charge on any atom is 0.0343 e. The third-order valence-corrected chi connectivity index (χ3v) is 6.08. The minimum absolute atomic E-state index is 0.416. The number of hydrogen-bond donors (Lipinski definition) is 0. The molecule has 1 fully saturated rings. The Balaban J connectivity index is 1.89. The molecule has 0 saturated heterocycles. The van der Waals surface area contributed by atoms with Gasteiger partial charge in [0.1, 0.15) is 0 Å². The molecule has 20 heavy (non-hydrogen) atoms. The normalized spacial score (nSPS) is 16.2. The molecule has 2 heteroatoms. The highest BCUT2D eigenvalue weighted by atomic mass is 32.1. The molecule has 0 spiro atoms. The molecule has 1 aromatic carbocycles. The molecule has 2 aromatic heterocycles. The molecule has 1 aliphatic rings. The molecule has 0 atom stereocenters. The van der Waals surface area contributed by atoms with E-state index >= 15 is 0 Å². The van der Waals surface area contributed by atoms with Crippen LogP contribution in [0.1, 0.15) is 25.3 Å². The molecule has 0 aliphatic heterocycles. The Hall–Kier alpha value is -1.38. The lowest BCUT2D eigenvalue weighted by molar-refractivity contribution is 0.789. The molecule has 0 N–H and O–H groups in total. The predicted molar refractivity (Wildman–Crippen MR) is 89.7 cm³/mol. The van der Waals surface area contributed by atoms with Gasteiger partial charge in [-0.1, -0.05) is 19.1 Å². The quantitative estimate of drug-likeness (QED) is 0.540. The van der Waals surface area contributed by atoms with E-state index in [0.29, 0.717) is 5.41 Å². The zero-order valence-electron chi connectivity index (χ0n) is 11.4. The number of benzene rings is 1. The van der Waals surface area contributed by atoms with E-state index in [1.165, 1.54) is 39.3 Å². The Morgan fingerprint density at radius 3 is 1.80 bits per heavy atom. The molecular weight excluding hydrogens is 280 g/mol. The monoisotopic (exact) mass is 296 g/mol. The molecule has 0 amide bonds. The van der Waals surface area contributed by atoms with Gasteiger partial charge in [0.25, 0.3) is 0 Å². The minimum atomic E-state index is 0.416. The van der Waals surface area contributed by atoms with Gasteiger partial charge in [0.15, 0.2) is 0 Å². The standard InChI is InChI=1S/C18H16S2/c1-18(6-7-18)15-11-13(16-4-2-8-19-16)10-14(12-15)17-5-3-9-20-17/h2-5,8-12H,6-7H2,1H3. The fourth-order valence-electron chi connectivity index (χ4n) is 2.62. The van der Waals surface area contributed by atoms with E-state index in [0.717, 1.165) is 0 Å². The lowest BCUT2D eigenvalue weighted by Crippen LogP contribution is -2.00. The molecule has 100 valence electrons. The Bertz CT molecular complexity index is 664. The molecule has 0 radical (unpaired) electrons. The zero-order valence-corrected chi connectivity index (χ0v) is 13.1. The van der Waals surface area contributed by atoms with Gasteiger partial charge >= 0.3 is 0 Å². The molecule has 3 aromatic rings. The fourth-order valence-corrected chi connectivity index (χ4v) is 4.05. The van der Waals surface area contributed by atoms with Gasteiger partial charge < -0.3 is 0 Å². The van der Waals surface area contributed by atoms with Crippen molar-refractivity contribution < 1.29 is 0 Å². The summed E-state index contributed by atoms with van der Waals surface area (Å²) in [5, 5.41) is 4.32. The van der Waals surface area contributed by atoms with Gasteiger partial charge in [-0.25, -0.2) is 0 Å². The third kappa shape index (κ3) is 2.13. The molecule has 1 aliphatic carbocycles. The average Bonchev–Trinajstić information content (AvgIpc) is 2.98. The van der Waals surface area contributed by atoms with Gasteiger partial charge in [-0.2, -0.15) is 0 Å². The van der Waals surface area contributed by atoms with E-state index in [2.05, 4.69) is 60.1 Å². The average molecular weight is 296 g/mol. The summed E-state index contributed by atoms with van der Waals surface area (Å²) in [6, 6.07) is 15.8. The summed E-state index contributed by atoms with van der Waals surface area (Å²) in [7, 11) is 0. The van der Waals surface area contributed by atoms with Crippen LogP contribution in [-0.2, 0) is 5.41 Å². The second kappa shape index (κ2) is 4.57. The van der Waals surface area contributed by atoms with E-state index in [-0.39, 0.29) is 0 Å². The SMILES string of the molecule is CC1(c2cc(-c3cccs3)cc(-c3cccs3)c2)CC1. The summed E-state index contributed by atoms with van der Waals surface area (Å²) in [6.07, 6.45) is 2.65. The van der Waals surface area contributed by atoms with Gasteiger partial charge in [-0.3, -0.25) is 0 Å².